The van der Waals surface area contributed by atoms with Gasteiger partial charge in [-0.3, -0.25) is 25.0 Å². The Kier molecular flexibility index (Phi) is 7.83. The summed E-state index contributed by atoms with van der Waals surface area (Å²) in [6.07, 6.45) is 6.43. The highest BCUT2D eigenvalue weighted by atomic mass is 16.2. The lowest BCUT2D eigenvalue weighted by atomic mass is 10.1. The molecule has 1 aromatic carbocycles. The van der Waals surface area contributed by atoms with Gasteiger partial charge in [-0.2, -0.15) is 10.2 Å². The molecular formula is C21H24N8O2. The smallest absolute Gasteiger partial charge is 0.243 e. The summed E-state index contributed by atoms with van der Waals surface area (Å²) in [5.41, 5.74) is 3.38. The molecule has 0 fully saturated rings. The van der Waals surface area contributed by atoms with E-state index < -0.39 is 6.04 Å². The maximum absolute atomic E-state index is 12.7. The van der Waals surface area contributed by atoms with Crippen molar-refractivity contribution in [3.8, 4) is 0 Å². The number of H-pyrrole nitrogens is 1. The molecule has 2 aromatic heterocycles. The molecule has 0 radical (unpaired) electrons. The van der Waals surface area contributed by atoms with Gasteiger partial charge >= 0.3 is 0 Å². The fourth-order valence-corrected chi connectivity index (χ4v) is 2.83. The molecule has 6 N–H and O–H groups in total. The fraction of sp³-hybridized carbons (Fsp3) is 0.190. The number of nitrogens with zero attached hydrogens (tertiary/aromatic N) is 3. The lowest BCUT2D eigenvalue weighted by Gasteiger charge is -2.17. The summed E-state index contributed by atoms with van der Waals surface area (Å²) in [6, 6.07) is 12.2. The number of pyridine rings is 1. The highest BCUT2D eigenvalue weighted by molar-refractivity contribution is 5.87. The van der Waals surface area contributed by atoms with Crippen molar-refractivity contribution >= 4 is 18.0 Å². The minimum absolute atomic E-state index is 0.136. The van der Waals surface area contributed by atoms with Crippen molar-refractivity contribution in [1.29, 1.82) is 0 Å². The maximum Gasteiger partial charge on any atom is 0.243 e. The van der Waals surface area contributed by atoms with Gasteiger partial charge in [0.1, 0.15) is 6.04 Å². The van der Waals surface area contributed by atoms with Gasteiger partial charge in [0.15, 0.2) is 0 Å². The van der Waals surface area contributed by atoms with Crippen molar-refractivity contribution in [2.75, 3.05) is 6.54 Å². The van der Waals surface area contributed by atoms with Crippen LogP contribution in [0.15, 0.2) is 66.2 Å². The Morgan fingerprint density at radius 3 is 2.42 bits per heavy atom. The number of benzene rings is 1. The van der Waals surface area contributed by atoms with Crippen LogP contribution in [0.2, 0.25) is 0 Å². The molecule has 2 amide bonds. The van der Waals surface area contributed by atoms with Crippen LogP contribution in [-0.4, -0.2) is 39.8 Å². The van der Waals surface area contributed by atoms with E-state index in [2.05, 4.69) is 36.2 Å². The summed E-state index contributed by atoms with van der Waals surface area (Å²) in [7, 11) is 0. The summed E-state index contributed by atoms with van der Waals surface area (Å²) in [4.78, 5) is 28.8. The second-order valence-electron chi connectivity index (χ2n) is 6.70. The number of hydrogen-bond donors (Lipinski definition) is 5. The molecule has 0 spiro atoms. The number of carbonyl (C=O) groups is 2. The van der Waals surface area contributed by atoms with E-state index in [9.17, 15) is 9.59 Å². The highest BCUT2D eigenvalue weighted by Crippen LogP contribution is 2.11. The Morgan fingerprint density at radius 2 is 1.74 bits per heavy atom. The van der Waals surface area contributed by atoms with E-state index in [1.165, 1.54) is 0 Å². The van der Waals surface area contributed by atoms with Crippen LogP contribution in [0.5, 0.6) is 0 Å². The molecule has 3 rings (SSSR count). The van der Waals surface area contributed by atoms with E-state index >= 15 is 0 Å². The first-order valence-corrected chi connectivity index (χ1v) is 9.64. The quantitative estimate of drug-likeness (QED) is 0.182. The summed E-state index contributed by atoms with van der Waals surface area (Å²) < 4.78 is 0. The normalized spacial score (nSPS) is 11.9. The Labute approximate surface area is 179 Å². The zero-order valence-electron chi connectivity index (χ0n) is 16.8. The number of carbonyl (C=O) groups excluding carboxylic acids is 2. The van der Waals surface area contributed by atoms with E-state index in [1.807, 2.05) is 36.4 Å². The Hall–Kier alpha value is -4.05. The van der Waals surface area contributed by atoms with E-state index in [4.69, 9.17) is 5.84 Å². The van der Waals surface area contributed by atoms with Crippen molar-refractivity contribution in [2.45, 2.75) is 19.1 Å². The van der Waals surface area contributed by atoms with Crippen molar-refractivity contribution < 1.29 is 9.59 Å². The first-order valence-electron chi connectivity index (χ1n) is 9.64. The first kappa shape index (κ1) is 21.7. The van der Waals surface area contributed by atoms with Crippen molar-refractivity contribution in [3.63, 3.8) is 0 Å². The minimum Gasteiger partial charge on any atom is -0.350 e. The second kappa shape index (κ2) is 11.2. The zero-order chi connectivity index (χ0) is 21.9. The standard InChI is InChI=1S/C21H24N8O2/c22-27-13-16-3-1-15(2-4-16)12-25-20(18-7-10-28-29-18)21(31)26-14-19(30)24-11-17-5-8-23-9-6-17/h1-10,13,20,25H,11-12,14,22H2,(H,24,30)(H,26,31)(H,28,29). The molecule has 1 atom stereocenters. The van der Waals surface area contributed by atoms with Gasteiger partial charge in [-0.1, -0.05) is 24.3 Å². The third kappa shape index (κ3) is 6.75. The largest absolute Gasteiger partial charge is 0.350 e. The van der Waals surface area contributed by atoms with Crippen LogP contribution in [-0.2, 0) is 22.7 Å². The molecule has 0 saturated carbocycles. The highest BCUT2D eigenvalue weighted by Gasteiger charge is 2.22. The van der Waals surface area contributed by atoms with Crippen LogP contribution >= 0.6 is 0 Å². The SMILES string of the molecule is NN=Cc1ccc(CNC(C(=O)NCC(=O)NCc2ccncc2)c2ccn[nH]2)cc1. The van der Waals surface area contributed by atoms with Crippen LogP contribution < -0.4 is 21.8 Å². The number of aromatic nitrogens is 3. The lowest BCUT2D eigenvalue weighted by Crippen LogP contribution is -2.42. The number of nitrogens with one attached hydrogen (secondary N) is 4. The molecule has 160 valence electrons. The van der Waals surface area contributed by atoms with Gasteiger partial charge in [-0.25, -0.2) is 0 Å². The van der Waals surface area contributed by atoms with E-state index in [-0.39, 0.29) is 18.4 Å². The molecule has 0 saturated heterocycles. The molecule has 31 heavy (non-hydrogen) atoms. The number of hydrazone groups is 1. The molecule has 0 aliphatic rings. The topological polar surface area (TPSA) is 150 Å². The van der Waals surface area contributed by atoms with Gasteiger partial charge in [0.2, 0.25) is 11.8 Å². The van der Waals surface area contributed by atoms with Gasteiger partial charge in [0, 0.05) is 31.7 Å². The Balaban J connectivity index is 1.53. The molecule has 10 heteroatoms. The summed E-state index contributed by atoms with van der Waals surface area (Å²) >= 11 is 0. The summed E-state index contributed by atoms with van der Waals surface area (Å²) in [6.45, 7) is 0.666. The second-order valence-corrected chi connectivity index (χ2v) is 6.70. The third-order valence-electron chi connectivity index (χ3n) is 4.47. The number of aromatic amines is 1. The number of nitrogens with two attached hydrogens (primary N) is 1. The van der Waals surface area contributed by atoms with Crippen LogP contribution in [0.1, 0.15) is 28.4 Å². The zero-order valence-corrected chi connectivity index (χ0v) is 16.8. The minimum atomic E-state index is -0.694. The lowest BCUT2D eigenvalue weighted by molar-refractivity contribution is -0.127. The predicted octanol–water partition coefficient (Wildman–Crippen LogP) is 0.361. The Bertz CT molecular complexity index is 988. The van der Waals surface area contributed by atoms with Crippen LogP contribution in [0, 0.1) is 0 Å². The van der Waals surface area contributed by atoms with Crippen LogP contribution in [0.25, 0.3) is 0 Å². The van der Waals surface area contributed by atoms with Crippen LogP contribution in [0.3, 0.4) is 0 Å². The first-order chi connectivity index (χ1) is 15.2. The maximum atomic E-state index is 12.7. The van der Waals surface area contributed by atoms with Gasteiger partial charge in [0.05, 0.1) is 18.5 Å². The van der Waals surface area contributed by atoms with Gasteiger partial charge in [-0.15, -0.1) is 0 Å². The Morgan fingerprint density at radius 1 is 1.00 bits per heavy atom. The van der Waals surface area contributed by atoms with Gasteiger partial charge < -0.3 is 16.5 Å². The summed E-state index contributed by atoms with van der Waals surface area (Å²) in [5, 5.41) is 18.8. The molecule has 3 aromatic rings. The summed E-state index contributed by atoms with van der Waals surface area (Å²) in [5.74, 6) is 4.53. The van der Waals surface area contributed by atoms with Gasteiger partial charge in [-0.05, 0) is 34.9 Å². The van der Waals surface area contributed by atoms with Crippen molar-refractivity contribution in [3.05, 3.63) is 83.4 Å². The number of amides is 2. The van der Waals surface area contributed by atoms with Crippen molar-refractivity contribution in [2.24, 2.45) is 10.9 Å². The monoisotopic (exact) mass is 420 g/mol. The molecule has 10 nitrogen and oxygen atoms in total. The average molecular weight is 420 g/mol. The number of hydrogen-bond acceptors (Lipinski definition) is 7. The van der Waals surface area contributed by atoms with Crippen molar-refractivity contribution in [1.82, 2.24) is 31.1 Å². The molecule has 0 aliphatic carbocycles. The predicted molar refractivity (Wildman–Crippen MR) is 115 cm³/mol. The fourth-order valence-electron chi connectivity index (χ4n) is 2.83. The van der Waals surface area contributed by atoms with E-state index in [1.54, 1.807) is 30.9 Å². The number of rotatable bonds is 10. The van der Waals surface area contributed by atoms with Crippen LogP contribution in [0.4, 0.5) is 0 Å². The molecular weight excluding hydrogens is 396 g/mol. The molecule has 1 unspecified atom stereocenters. The molecule has 2 heterocycles. The van der Waals surface area contributed by atoms with E-state index in [0.29, 0.717) is 18.8 Å². The third-order valence-corrected chi connectivity index (χ3v) is 4.47. The van der Waals surface area contributed by atoms with Gasteiger partial charge in [0.25, 0.3) is 0 Å². The average Bonchev–Trinajstić information content (AvgIpc) is 3.33. The molecule has 0 bridgehead atoms. The molecule has 0 aliphatic heterocycles. The van der Waals surface area contributed by atoms with E-state index in [0.717, 1.165) is 16.7 Å².